The molecule has 1 amide bonds. The third-order valence-electron chi connectivity index (χ3n) is 4.20. The SMILES string of the molecule is CN(C)[C@H](CNC(=O)COC1CCCC1)c1c(F)cccc1F. The molecule has 0 aliphatic heterocycles. The van der Waals surface area contributed by atoms with Gasteiger partial charge in [-0.1, -0.05) is 18.9 Å². The number of ether oxygens (including phenoxy) is 1. The third-order valence-corrected chi connectivity index (χ3v) is 4.20. The van der Waals surface area contributed by atoms with Crippen molar-refractivity contribution in [1.29, 1.82) is 0 Å². The maximum atomic E-state index is 13.9. The van der Waals surface area contributed by atoms with Gasteiger partial charge in [-0.05, 0) is 39.1 Å². The fraction of sp³-hybridized carbons (Fsp3) is 0.588. The summed E-state index contributed by atoms with van der Waals surface area (Å²) < 4.78 is 33.4. The summed E-state index contributed by atoms with van der Waals surface area (Å²) in [6.07, 6.45) is 4.43. The van der Waals surface area contributed by atoms with Crippen LogP contribution >= 0.6 is 0 Å². The molecule has 0 radical (unpaired) electrons. The van der Waals surface area contributed by atoms with Gasteiger partial charge < -0.3 is 15.0 Å². The van der Waals surface area contributed by atoms with E-state index in [4.69, 9.17) is 4.74 Å². The van der Waals surface area contributed by atoms with E-state index >= 15 is 0 Å². The molecule has 2 rings (SSSR count). The molecule has 1 fully saturated rings. The van der Waals surface area contributed by atoms with Gasteiger partial charge in [-0.2, -0.15) is 0 Å². The number of nitrogens with one attached hydrogen (secondary N) is 1. The van der Waals surface area contributed by atoms with Crippen LogP contribution in [-0.2, 0) is 9.53 Å². The quantitative estimate of drug-likeness (QED) is 0.837. The first-order chi connectivity index (χ1) is 11.0. The van der Waals surface area contributed by atoms with Gasteiger partial charge in [0, 0.05) is 12.1 Å². The number of hydrogen-bond acceptors (Lipinski definition) is 3. The minimum atomic E-state index is -0.611. The standard InChI is InChI=1S/C17H24F2N2O2/c1-21(2)15(17-13(18)8-5-9-14(17)19)10-20-16(22)11-23-12-6-3-4-7-12/h5,8-9,12,15H,3-4,6-7,10-11H2,1-2H3,(H,20,22)/t15-/m1/s1. The number of carbonyl (C=O) groups excluding carboxylic acids is 1. The van der Waals surface area contributed by atoms with Crippen molar-refractivity contribution in [2.75, 3.05) is 27.2 Å². The lowest BCUT2D eigenvalue weighted by atomic mass is 10.0. The topological polar surface area (TPSA) is 41.6 Å². The molecule has 128 valence electrons. The second-order valence-electron chi connectivity index (χ2n) is 6.14. The van der Waals surface area contributed by atoms with Gasteiger partial charge in [-0.15, -0.1) is 0 Å². The van der Waals surface area contributed by atoms with E-state index < -0.39 is 17.7 Å². The highest BCUT2D eigenvalue weighted by molar-refractivity contribution is 5.77. The van der Waals surface area contributed by atoms with Gasteiger partial charge in [0.25, 0.3) is 0 Å². The van der Waals surface area contributed by atoms with E-state index in [1.54, 1.807) is 19.0 Å². The fourth-order valence-corrected chi connectivity index (χ4v) is 2.88. The van der Waals surface area contributed by atoms with Crippen LogP contribution in [0.2, 0.25) is 0 Å². The van der Waals surface area contributed by atoms with Gasteiger partial charge in [-0.25, -0.2) is 8.78 Å². The molecule has 4 nitrogen and oxygen atoms in total. The number of benzene rings is 1. The molecule has 0 bridgehead atoms. The van der Waals surface area contributed by atoms with Crippen LogP contribution in [0.1, 0.15) is 37.3 Å². The predicted octanol–water partition coefficient (Wildman–Crippen LogP) is 2.64. The Kier molecular flexibility index (Phi) is 6.47. The largest absolute Gasteiger partial charge is 0.368 e. The molecule has 0 aromatic heterocycles. The zero-order chi connectivity index (χ0) is 16.8. The smallest absolute Gasteiger partial charge is 0.246 e. The monoisotopic (exact) mass is 326 g/mol. The summed E-state index contributed by atoms with van der Waals surface area (Å²) in [5, 5.41) is 2.70. The first-order valence-electron chi connectivity index (χ1n) is 7.97. The molecular weight excluding hydrogens is 302 g/mol. The van der Waals surface area contributed by atoms with Crippen LogP contribution in [0, 0.1) is 11.6 Å². The van der Waals surface area contributed by atoms with Crippen LogP contribution in [0.3, 0.4) is 0 Å². The molecule has 1 aromatic carbocycles. The molecule has 1 aromatic rings. The van der Waals surface area contributed by atoms with Crippen molar-refractivity contribution in [2.45, 2.75) is 37.8 Å². The highest BCUT2D eigenvalue weighted by Gasteiger charge is 2.23. The molecule has 6 heteroatoms. The van der Waals surface area contributed by atoms with E-state index in [9.17, 15) is 13.6 Å². The van der Waals surface area contributed by atoms with E-state index in [1.807, 2.05) is 0 Å². The highest BCUT2D eigenvalue weighted by atomic mass is 19.1. The maximum Gasteiger partial charge on any atom is 0.246 e. The Bertz CT molecular complexity index is 511. The average molecular weight is 326 g/mol. The zero-order valence-corrected chi connectivity index (χ0v) is 13.6. The molecule has 0 unspecified atom stereocenters. The van der Waals surface area contributed by atoms with Gasteiger partial charge in [0.1, 0.15) is 18.2 Å². The Morgan fingerprint density at radius 2 is 1.91 bits per heavy atom. The Balaban J connectivity index is 1.90. The van der Waals surface area contributed by atoms with Crippen molar-refractivity contribution < 1.29 is 18.3 Å². The minimum absolute atomic E-state index is 0.00936. The number of carbonyl (C=O) groups is 1. The second kappa shape index (κ2) is 8.36. The van der Waals surface area contributed by atoms with E-state index in [-0.39, 0.29) is 30.7 Å². The highest BCUT2D eigenvalue weighted by Crippen LogP contribution is 2.24. The van der Waals surface area contributed by atoms with Crippen LogP contribution in [0.15, 0.2) is 18.2 Å². The van der Waals surface area contributed by atoms with E-state index in [1.165, 1.54) is 18.2 Å². The van der Waals surface area contributed by atoms with E-state index in [0.29, 0.717) is 0 Å². The number of rotatable bonds is 7. The van der Waals surface area contributed by atoms with E-state index in [0.717, 1.165) is 25.7 Å². The van der Waals surface area contributed by atoms with Crippen molar-refractivity contribution >= 4 is 5.91 Å². The molecule has 1 atom stereocenters. The molecular formula is C17H24F2N2O2. The Labute approximate surface area is 135 Å². The summed E-state index contributed by atoms with van der Waals surface area (Å²) in [5.74, 6) is -1.49. The normalized spacial score (nSPS) is 16.7. The number of nitrogens with zero attached hydrogens (tertiary/aromatic N) is 1. The van der Waals surface area contributed by atoms with Crippen molar-refractivity contribution in [1.82, 2.24) is 10.2 Å². The molecule has 1 aliphatic carbocycles. The summed E-state index contributed by atoms with van der Waals surface area (Å²) in [5.41, 5.74) is -0.0329. The van der Waals surface area contributed by atoms with Crippen LogP contribution in [0.5, 0.6) is 0 Å². The Morgan fingerprint density at radius 3 is 2.48 bits per heavy atom. The van der Waals surface area contributed by atoms with Crippen LogP contribution in [-0.4, -0.2) is 44.2 Å². The van der Waals surface area contributed by atoms with Crippen molar-refractivity contribution in [2.24, 2.45) is 0 Å². The zero-order valence-electron chi connectivity index (χ0n) is 13.6. The lowest BCUT2D eigenvalue weighted by molar-refractivity contribution is -0.127. The maximum absolute atomic E-state index is 13.9. The summed E-state index contributed by atoms with van der Waals surface area (Å²) in [6, 6.07) is 3.20. The van der Waals surface area contributed by atoms with Crippen LogP contribution in [0.25, 0.3) is 0 Å². The Morgan fingerprint density at radius 1 is 1.30 bits per heavy atom. The lowest BCUT2D eigenvalue weighted by Crippen LogP contribution is -2.37. The van der Waals surface area contributed by atoms with Crippen molar-refractivity contribution in [3.8, 4) is 0 Å². The molecule has 1 aliphatic rings. The van der Waals surface area contributed by atoms with Gasteiger partial charge >= 0.3 is 0 Å². The number of halogens is 2. The van der Waals surface area contributed by atoms with Gasteiger partial charge in [0.05, 0.1) is 12.1 Å². The summed E-state index contributed by atoms with van der Waals surface area (Å²) in [7, 11) is 3.44. The number of hydrogen-bond donors (Lipinski definition) is 1. The van der Waals surface area contributed by atoms with Gasteiger partial charge in [-0.3, -0.25) is 4.79 Å². The van der Waals surface area contributed by atoms with Crippen molar-refractivity contribution in [3.63, 3.8) is 0 Å². The van der Waals surface area contributed by atoms with Gasteiger partial charge in [0.2, 0.25) is 5.91 Å². The average Bonchev–Trinajstić information content (AvgIpc) is 3.01. The van der Waals surface area contributed by atoms with E-state index in [2.05, 4.69) is 5.32 Å². The summed E-state index contributed by atoms with van der Waals surface area (Å²) >= 11 is 0. The lowest BCUT2D eigenvalue weighted by Gasteiger charge is -2.26. The minimum Gasteiger partial charge on any atom is -0.368 e. The predicted molar refractivity (Wildman–Crippen MR) is 84.0 cm³/mol. The van der Waals surface area contributed by atoms with Crippen LogP contribution in [0.4, 0.5) is 8.78 Å². The molecule has 0 saturated heterocycles. The Hall–Kier alpha value is -1.53. The van der Waals surface area contributed by atoms with Crippen LogP contribution < -0.4 is 5.32 Å². The summed E-state index contributed by atoms with van der Waals surface area (Å²) in [4.78, 5) is 13.6. The molecule has 1 saturated carbocycles. The molecule has 0 heterocycles. The molecule has 1 N–H and O–H groups in total. The first kappa shape index (κ1) is 17.8. The van der Waals surface area contributed by atoms with Gasteiger partial charge in [0.15, 0.2) is 0 Å². The second-order valence-corrected chi connectivity index (χ2v) is 6.14. The molecule has 23 heavy (non-hydrogen) atoms. The number of likely N-dealkylation sites (N-methyl/N-ethyl adjacent to an activating group) is 1. The summed E-state index contributed by atoms with van der Waals surface area (Å²) in [6.45, 7) is 0.113. The molecule has 0 spiro atoms. The number of amides is 1. The van der Waals surface area contributed by atoms with Crippen molar-refractivity contribution in [3.05, 3.63) is 35.4 Å². The first-order valence-corrected chi connectivity index (χ1v) is 7.97. The third kappa shape index (κ3) is 4.97. The fourth-order valence-electron chi connectivity index (χ4n) is 2.88.